The van der Waals surface area contributed by atoms with Crippen molar-refractivity contribution in [2.75, 3.05) is 11.1 Å². The summed E-state index contributed by atoms with van der Waals surface area (Å²) in [7, 11) is 0. The Hall–Kier alpha value is -2.78. The Labute approximate surface area is 180 Å². The van der Waals surface area contributed by atoms with E-state index in [1.807, 2.05) is 18.2 Å². The Morgan fingerprint density at radius 3 is 2.83 bits per heavy atom. The first kappa shape index (κ1) is 19.2. The number of nitrogens with zero attached hydrogens (tertiary/aromatic N) is 4. The molecule has 0 unspecified atom stereocenters. The number of fused-ring (bicyclic) bond motifs is 1. The molecule has 2 aromatic heterocycles. The lowest BCUT2D eigenvalue weighted by atomic mass is 10.2. The fourth-order valence-corrected chi connectivity index (χ4v) is 4.85. The molecule has 1 aliphatic rings. The van der Waals surface area contributed by atoms with Gasteiger partial charge < -0.3 is 9.88 Å². The molecule has 5 rings (SSSR count). The number of carbonyl (C=O) groups is 1. The highest BCUT2D eigenvalue weighted by Gasteiger charge is 2.30. The maximum Gasteiger partial charge on any atom is 0.236 e. The van der Waals surface area contributed by atoms with Crippen LogP contribution < -0.4 is 5.32 Å². The van der Waals surface area contributed by atoms with Crippen molar-refractivity contribution in [2.45, 2.75) is 30.5 Å². The van der Waals surface area contributed by atoms with E-state index >= 15 is 0 Å². The first-order valence-electron chi connectivity index (χ1n) is 9.61. The zero-order valence-corrected chi connectivity index (χ0v) is 17.5. The SMILES string of the molecule is O=C(CSc1nnc(C2CC2)n1Cc1ccccc1)Nc1nc2ccc(F)cc2s1. The minimum absolute atomic E-state index is 0.179. The Morgan fingerprint density at radius 2 is 2.03 bits per heavy atom. The highest BCUT2D eigenvalue weighted by molar-refractivity contribution is 7.99. The smallest absolute Gasteiger partial charge is 0.236 e. The third-order valence-corrected chi connectivity index (χ3v) is 6.70. The van der Waals surface area contributed by atoms with Gasteiger partial charge in [-0.05, 0) is 36.6 Å². The lowest BCUT2D eigenvalue weighted by molar-refractivity contribution is -0.113. The summed E-state index contributed by atoms with van der Waals surface area (Å²) in [5, 5.41) is 12.7. The monoisotopic (exact) mass is 439 g/mol. The summed E-state index contributed by atoms with van der Waals surface area (Å²) in [6, 6.07) is 14.6. The van der Waals surface area contributed by atoms with Crippen LogP contribution >= 0.6 is 23.1 Å². The van der Waals surface area contributed by atoms with Gasteiger partial charge >= 0.3 is 0 Å². The standard InChI is InChI=1S/C21H18FN5OS2/c22-15-8-9-16-17(10-15)30-20(23-16)24-18(28)12-29-21-26-25-19(14-6-7-14)27(21)11-13-4-2-1-3-5-13/h1-5,8-10,14H,6-7,11-12H2,(H,23,24,28). The summed E-state index contributed by atoms with van der Waals surface area (Å²) < 4.78 is 16.2. The van der Waals surface area contributed by atoms with Crippen LogP contribution in [0.1, 0.15) is 30.1 Å². The molecule has 0 spiro atoms. The number of rotatable bonds is 7. The number of thiazole rings is 1. The van der Waals surface area contributed by atoms with E-state index in [-0.39, 0.29) is 17.5 Å². The molecular weight excluding hydrogens is 421 g/mol. The normalized spacial score (nSPS) is 13.6. The summed E-state index contributed by atoms with van der Waals surface area (Å²) in [6.45, 7) is 0.688. The summed E-state index contributed by atoms with van der Waals surface area (Å²) >= 11 is 2.62. The molecule has 1 aliphatic carbocycles. The molecule has 1 fully saturated rings. The number of amides is 1. The highest BCUT2D eigenvalue weighted by Crippen LogP contribution is 2.40. The van der Waals surface area contributed by atoms with Gasteiger partial charge in [0.05, 0.1) is 22.5 Å². The number of thioether (sulfide) groups is 1. The van der Waals surface area contributed by atoms with Gasteiger partial charge in [0.1, 0.15) is 11.6 Å². The van der Waals surface area contributed by atoms with E-state index in [1.165, 1.54) is 40.8 Å². The predicted molar refractivity (Wildman–Crippen MR) is 116 cm³/mol. The molecule has 1 amide bonds. The Kier molecular flexibility index (Phi) is 5.22. The predicted octanol–water partition coefficient (Wildman–Crippen LogP) is 4.68. The van der Waals surface area contributed by atoms with E-state index in [1.54, 1.807) is 6.07 Å². The average molecular weight is 440 g/mol. The van der Waals surface area contributed by atoms with Crippen LogP contribution in [0.15, 0.2) is 53.7 Å². The molecule has 0 bridgehead atoms. The lowest BCUT2D eigenvalue weighted by Gasteiger charge is -2.10. The van der Waals surface area contributed by atoms with Crippen molar-refractivity contribution in [3.05, 3.63) is 65.7 Å². The van der Waals surface area contributed by atoms with Crippen molar-refractivity contribution >= 4 is 44.4 Å². The number of halogens is 1. The van der Waals surface area contributed by atoms with Gasteiger partial charge in [-0.3, -0.25) is 4.79 Å². The van der Waals surface area contributed by atoms with Crippen molar-refractivity contribution < 1.29 is 9.18 Å². The fourth-order valence-electron chi connectivity index (χ4n) is 3.20. The van der Waals surface area contributed by atoms with Gasteiger partial charge in [-0.15, -0.1) is 10.2 Å². The molecule has 0 aliphatic heterocycles. The third kappa shape index (κ3) is 4.22. The number of hydrogen-bond acceptors (Lipinski definition) is 6. The molecule has 4 aromatic rings. The number of nitrogens with one attached hydrogen (secondary N) is 1. The number of hydrogen-bond donors (Lipinski definition) is 1. The van der Waals surface area contributed by atoms with Crippen LogP contribution in [-0.2, 0) is 11.3 Å². The first-order chi connectivity index (χ1) is 14.7. The zero-order valence-electron chi connectivity index (χ0n) is 15.9. The highest BCUT2D eigenvalue weighted by atomic mass is 32.2. The van der Waals surface area contributed by atoms with Crippen LogP contribution in [0.25, 0.3) is 10.2 Å². The topological polar surface area (TPSA) is 72.7 Å². The van der Waals surface area contributed by atoms with Gasteiger partial charge in [-0.1, -0.05) is 53.4 Å². The quantitative estimate of drug-likeness (QED) is 0.423. The Morgan fingerprint density at radius 1 is 1.20 bits per heavy atom. The van der Waals surface area contributed by atoms with Gasteiger partial charge in [0, 0.05) is 5.92 Å². The van der Waals surface area contributed by atoms with E-state index in [9.17, 15) is 9.18 Å². The minimum atomic E-state index is -0.316. The van der Waals surface area contributed by atoms with Gasteiger partial charge in [-0.2, -0.15) is 0 Å². The Bertz CT molecular complexity index is 1200. The maximum absolute atomic E-state index is 13.3. The summed E-state index contributed by atoms with van der Waals surface area (Å²) in [6.07, 6.45) is 2.27. The molecule has 2 aromatic carbocycles. The molecule has 152 valence electrons. The lowest BCUT2D eigenvalue weighted by Crippen LogP contribution is -2.14. The second-order valence-electron chi connectivity index (χ2n) is 7.15. The molecule has 2 heterocycles. The molecule has 0 radical (unpaired) electrons. The van der Waals surface area contributed by atoms with Crippen LogP contribution in [0, 0.1) is 5.82 Å². The van der Waals surface area contributed by atoms with Crippen LogP contribution in [0.4, 0.5) is 9.52 Å². The molecule has 0 atom stereocenters. The third-order valence-electron chi connectivity index (χ3n) is 4.80. The van der Waals surface area contributed by atoms with Gasteiger partial charge in [0.15, 0.2) is 10.3 Å². The molecular formula is C21H18FN5OS2. The van der Waals surface area contributed by atoms with Crippen molar-refractivity contribution in [3.63, 3.8) is 0 Å². The number of carbonyl (C=O) groups excluding carboxylic acids is 1. The number of aromatic nitrogens is 4. The van der Waals surface area contributed by atoms with Gasteiger partial charge in [0.2, 0.25) is 5.91 Å². The first-order valence-corrected chi connectivity index (χ1v) is 11.4. The average Bonchev–Trinajstić information content (AvgIpc) is 3.39. The minimum Gasteiger partial charge on any atom is -0.301 e. The second kappa shape index (κ2) is 8.16. The van der Waals surface area contributed by atoms with Crippen molar-refractivity contribution in [1.82, 2.24) is 19.7 Å². The molecule has 1 saturated carbocycles. The zero-order chi connectivity index (χ0) is 20.5. The molecule has 1 N–H and O–H groups in total. The number of benzene rings is 2. The van der Waals surface area contributed by atoms with Crippen molar-refractivity contribution in [1.29, 1.82) is 0 Å². The van der Waals surface area contributed by atoms with Gasteiger partial charge in [0.25, 0.3) is 0 Å². The van der Waals surface area contributed by atoms with Gasteiger partial charge in [-0.25, -0.2) is 9.37 Å². The van der Waals surface area contributed by atoms with Crippen LogP contribution in [0.2, 0.25) is 0 Å². The molecule has 6 nitrogen and oxygen atoms in total. The number of anilines is 1. The second-order valence-corrected chi connectivity index (χ2v) is 9.13. The van der Waals surface area contributed by atoms with E-state index < -0.39 is 0 Å². The van der Waals surface area contributed by atoms with Crippen molar-refractivity contribution in [3.8, 4) is 0 Å². The summed E-state index contributed by atoms with van der Waals surface area (Å²) in [4.78, 5) is 16.8. The molecule has 0 saturated heterocycles. The van der Waals surface area contributed by atoms with Crippen molar-refractivity contribution in [2.24, 2.45) is 0 Å². The van der Waals surface area contributed by atoms with E-state index in [0.29, 0.717) is 27.8 Å². The van der Waals surface area contributed by atoms with Crippen LogP contribution in [-0.4, -0.2) is 31.4 Å². The largest absolute Gasteiger partial charge is 0.301 e. The fraction of sp³-hybridized carbons (Fsp3) is 0.238. The van der Waals surface area contributed by atoms with Crippen LogP contribution in [0.3, 0.4) is 0 Å². The van der Waals surface area contributed by atoms with E-state index in [2.05, 4.69) is 37.2 Å². The maximum atomic E-state index is 13.3. The van der Waals surface area contributed by atoms with E-state index in [4.69, 9.17) is 0 Å². The summed E-state index contributed by atoms with van der Waals surface area (Å²) in [5.41, 5.74) is 1.84. The van der Waals surface area contributed by atoms with E-state index in [0.717, 1.165) is 23.8 Å². The molecule has 9 heteroatoms. The molecule has 30 heavy (non-hydrogen) atoms. The van der Waals surface area contributed by atoms with Crippen LogP contribution in [0.5, 0.6) is 0 Å². The summed E-state index contributed by atoms with van der Waals surface area (Å²) in [5.74, 6) is 1.16. The Balaban J connectivity index is 1.27.